The molecule has 10 heteroatoms. The van der Waals surface area contributed by atoms with Crippen molar-refractivity contribution in [3.8, 4) is 0 Å². The van der Waals surface area contributed by atoms with Crippen molar-refractivity contribution < 1.29 is 34.4 Å². The van der Waals surface area contributed by atoms with E-state index in [4.69, 9.17) is 0 Å². The highest BCUT2D eigenvalue weighted by Crippen LogP contribution is 2.63. The van der Waals surface area contributed by atoms with Gasteiger partial charge < -0.3 is 0 Å². The lowest BCUT2D eigenvalue weighted by molar-refractivity contribution is -0.0620. The third-order valence-corrected chi connectivity index (χ3v) is 12.3. The predicted octanol–water partition coefficient (Wildman–Crippen LogP) is 3.09. The maximum absolute atomic E-state index is 15.4. The predicted molar refractivity (Wildman–Crippen MR) is 111 cm³/mol. The first-order chi connectivity index (χ1) is 14.8. The summed E-state index contributed by atoms with van der Waals surface area (Å²) in [5.41, 5.74) is -8.13. The smallest absolute Gasteiger partial charge is 0.244 e. The molecule has 5 aliphatic carbocycles. The molecule has 6 rings (SSSR count). The summed E-state index contributed by atoms with van der Waals surface area (Å²) in [5, 5.41) is 1.03. The maximum Gasteiger partial charge on any atom is 0.494 e. The minimum absolute atomic E-state index is 0.0119. The molecular weight excluding hydrogens is 468 g/mol. The van der Waals surface area contributed by atoms with E-state index in [0.29, 0.717) is 16.9 Å². The van der Waals surface area contributed by atoms with Crippen LogP contribution in [0.15, 0.2) is 34.1 Å². The van der Waals surface area contributed by atoms with Crippen molar-refractivity contribution in [1.82, 2.24) is 0 Å². The molecule has 0 saturated heterocycles. The van der Waals surface area contributed by atoms with Crippen molar-refractivity contribution in [3.63, 3.8) is 0 Å². The zero-order valence-electron chi connectivity index (χ0n) is 16.9. The molecule has 4 bridgehead atoms. The number of sulfone groups is 2. The molecular formula is C22H21F4O4S2-. The Kier molecular flexibility index (Phi) is 4.55. The second-order valence-electron chi connectivity index (χ2n) is 9.60. The Morgan fingerprint density at radius 2 is 1.56 bits per heavy atom. The van der Waals surface area contributed by atoms with Crippen LogP contribution in [0.4, 0.5) is 17.6 Å². The average Bonchev–Trinajstić information content (AvgIpc) is 2.64. The Morgan fingerprint density at radius 1 is 0.969 bits per heavy atom. The zero-order chi connectivity index (χ0) is 23.2. The molecule has 2 atom stereocenters. The molecule has 0 N–H and O–H groups in total. The first kappa shape index (κ1) is 22.0. The van der Waals surface area contributed by atoms with Gasteiger partial charge >= 0.3 is 5.51 Å². The number of benzene rings is 1. The summed E-state index contributed by atoms with van der Waals surface area (Å²) in [7, 11) is -11.3. The van der Waals surface area contributed by atoms with E-state index in [1.165, 1.54) is 6.08 Å². The SMILES string of the molecule is O=S(=O)(/C(=C1/C=c2ccccc2=C[CH-]1)S(=O)(=O)C12CC3CC(CC(F)(C3)C1)C2)C(F)(F)F. The molecule has 4 nitrogen and oxygen atoms in total. The van der Waals surface area contributed by atoms with Gasteiger partial charge in [0.2, 0.25) is 0 Å². The molecule has 0 aliphatic heterocycles. The molecule has 5 aliphatic rings. The molecule has 174 valence electrons. The highest BCUT2D eigenvalue weighted by molar-refractivity contribution is 8.15. The molecule has 1 aromatic rings. The quantitative estimate of drug-likeness (QED) is 0.484. The molecule has 4 fully saturated rings. The Morgan fingerprint density at radius 3 is 2.12 bits per heavy atom. The molecule has 0 spiro atoms. The summed E-state index contributed by atoms with van der Waals surface area (Å²) in [6.45, 7) is 0. The standard InChI is InChI=1S/C22H21F4O4S2/c23-20-9-14-7-15(10-20)12-21(11-14,13-20)31(27,28)19(32(29,30)22(24,25)26)18-6-5-16-3-1-2-4-17(16)8-18/h1-6,8,14-15H,7,9-13H2/q-1/b19-18+. The number of hydrogen-bond donors (Lipinski definition) is 0. The van der Waals surface area contributed by atoms with Crippen molar-refractivity contribution in [2.45, 2.75) is 54.4 Å². The van der Waals surface area contributed by atoms with Crippen LogP contribution in [-0.4, -0.2) is 32.8 Å². The normalized spacial score (nSPS) is 35.4. The Labute approximate surface area is 183 Å². The molecule has 4 saturated carbocycles. The van der Waals surface area contributed by atoms with Gasteiger partial charge in [0.25, 0.3) is 9.84 Å². The van der Waals surface area contributed by atoms with Crippen molar-refractivity contribution >= 4 is 31.8 Å². The van der Waals surface area contributed by atoms with E-state index in [1.807, 2.05) is 0 Å². The summed E-state index contributed by atoms with van der Waals surface area (Å²) >= 11 is 0. The minimum Gasteiger partial charge on any atom is -0.244 e. The Bertz CT molecular complexity index is 1340. The first-order valence-corrected chi connectivity index (χ1v) is 13.3. The maximum atomic E-state index is 15.4. The average molecular weight is 490 g/mol. The molecule has 0 heterocycles. The zero-order valence-corrected chi connectivity index (χ0v) is 18.5. The van der Waals surface area contributed by atoms with Crippen molar-refractivity contribution in [1.29, 1.82) is 0 Å². The van der Waals surface area contributed by atoms with Gasteiger partial charge in [0.1, 0.15) is 5.67 Å². The minimum atomic E-state index is -6.23. The number of allylic oxidation sites excluding steroid dienone is 1. The fraction of sp³-hybridized carbons (Fsp3) is 0.500. The lowest BCUT2D eigenvalue weighted by Gasteiger charge is -2.58. The van der Waals surface area contributed by atoms with Crippen LogP contribution < -0.4 is 10.4 Å². The van der Waals surface area contributed by atoms with Crippen molar-refractivity contribution in [3.05, 3.63) is 50.9 Å². The summed E-state index contributed by atoms with van der Waals surface area (Å²) in [5.74, 6) is -0.551. The Hall–Kier alpha value is -1.81. The van der Waals surface area contributed by atoms with Crippen LogP contribution in [0.25, 0.3) is 12.2 Å². The van der Waals surface area contributed by atoms with E-state index in [9.17, 15) is 30.0 Å². The summed E-state index contributed by atoms with van der Waals surface area (Å²) in [4.78, 5) is 0. The number of alkyl halides is 4. The number of fused-ring (bicyclic) bond motifs is 1. The van der Waals surface area contributed by atoms with E-state index < -0.39 is 51.8 Å². The topological polar surface area (TPSA) is 68.3 Å². The second-order valence-corrected chi connectivity index (χ2v) is 14.0. The highest BCUT2D eigenvalue weighted by atomic mass is 32.3. The van der Waals surface area contributed by atoms with Crippen LogP contribution in [0.3, 0.4) is 0 Å². The van der Waals surface area contributed by atoms with Crippen molar-refractivity contribution in [2.75, 3.05) is 0 Å². The van der Waals surface area contributed by atoms with Gasteiger partial charge in [-0.25, -0.2) is 21.2 Å². The lowest BCUT2D eigenvalue weighted by atomic mass is 9.54. The van der Waals surface area contributed by atoms with Crippen LogP contribution >= 0.6 is 0 Å². The van der Waals surface area contributed by atoms with Gasteiger partial charge in [0.05, 0.1) is 8.98 Å². The summed E-state index contributed by atoms with van der Waals surface area (Å²) in [6, 6.07) is 6.55. The van der Waals surface area contributed by atoms with Gasteiger partial charge in [-0.2, -0.15) is 13.2 Å². The van der Waals surface area contributed by atoms with E-state index in [2.05, 4.69) is 0 Å². The van der Waals surface area contributed by atoms with E-state index in [-0.39, 0.29) is 37.5 Å². The molecule has 0 radical (unpaired) electrons. The molecule has 2 unspecified atom stereocenters. The number of rotatable bonds is 3. The highest BCUT2D eigenvalue weighted by Gasteiger charge is 2.65. The van der Waals surface area contributed by atoms with Crippen LogP contribution in [0.1, 0.15) is 38.5 Å². The van der Waals surface area contributed by atoms with Gasteiger partial charge in [-0.15, -0.1) is 29.4 Å². The van der Waals surface area contributed by atoms with E-state index >= 15 is 4.39 Å². The van der Waals surface area contributed by atoms with Crippen LogP contribution in [0, 0.1) is 18.3 Å². The number of halogens is 4. The fourth-order valence-corrected chi connectivity index (χ4v) is 11.3. The van der Waals surface area contributed by atoms with E-state index in [0.717, 1.165) is 12.5 Å². The fourth-order valence-electron chi connectivity index (χ4n) is 6.46. The van der Waals surface area contributed by atoms with Crippen molar-refractivity contribution in [2.24, 2.45) is 11.8 Å². The van der Waals surface area contributed by atoms with E-state index in [1.54, 1.807) is 24.3 Å². The molecule has 1 aromatic carbocycles. The third-order valence-electron chi connectivity index (χ3n) is 7.28. The van der Waals surface area contributed by atoms with Gasteiger partial charge in [-0.3, -0.25) is 0 Å². The molecule has 0 aromatic heterocycles. The molecule has 32 heavy (non-hydrogen) atoms. The first-order valence-electron chi connectivity index (χ1n) is 10.4. The lowest BCUT2D eigenvalue weighted by Crippen LogP contribution is -2.61. The number of hydrogen-bond acceptors (Lipinski definition) is 4. The van der Waals surface area contributed by atoms with Gasteiger partial charge in [0.15, 0.2) is 9.84 Å². The van der Waals surface area contributed by atoms with Gasteiger partial charge in [0, 0.05) is 6.42 Å². The Balaban J connectivity index is 1.77. The summed E-state index contributed by atoms with van der Waals surface area (Å²) < 4.78 is 106. The second kappa shape index (κ2) is 6.62. The largest absolute Gasteiger partial charge is 0.494 e. The summed E-state index contributed by atoms with van der Waals surface area (Å²) in [6.07, 6.45) is 4.13. The third kappa shape index (κ3) is 3.09. The van der Waals surface area contributed by atoms with Gasteiger partial charge in [-0.05, 0) is 43.9 Å². The monoisotopic (exact) mass is 489 g/mol. The van der Waals surface area contributed by atoms with Crippen LogP contribution in [0.5, 0.6) is 0 Å². The van der Waals surface area contributed by atoms with Crippen LogP contribution in [-0.2, 0) is 19.7 Å². The van der Waals surface area contributed by atoms with Crippen LogP contribution in [0.2, 0.25) is 0 Å². The van der Waals surface area contributed by atoms with Gasteiger partial charge in [-0.1, -0.05) is 29.5 Å². The molecule has 0 amide bonds.